The monoisotopic (exact) mass is 310 g/mol. The van der Waals surface area contributed by atoms with E-state index in [1.807, 2.05) is 0 Å². The lowest BCUT2D eigenvalue weighted by atomic mass is 10.3. The Morgan fingerprint density at radius 2 is 2.19 bits per heavy atom. The van der Waals surface area contributed by atoms with E-state index in [0.29, 0.717) is 4.47 Å². The molecule has 16 heavy (non-hydrogen) atoms. The van der Waals surface area contributed by atoms with Gasteiger partial charge >= 0.3 is 0 Å². The third kappa shape index (κ3) is 3.16. The Bertz CT molecular complexity index is 478. The van der Waals surface area contributed by atoms with Gasteiger partial charge in [0.05, 0.1) is 10.9 Å². The van der Waals surface area contributed by atoms with Crippen molar-refractivity contribution in [2.24, 2.45) is 5.73 Å². The summed E-state index contributed by atoms with van der Waals surface area (Å²) in [5.41, 5.74) is 5.17. The van der Waals surface area contributed by atoms with Gasteiger partial charge in [-0.25, -0.2) is 12.8 Å². The number of halogens is 2. The Hall–Kier alpha value is -0.660. The second kappa shape index (κ2) is 5.11. The number of hydrogen-bond donors (Lipinski definition) is 2. The molecular formula is C9H12BrFN2O2S. The quantitative estimate of drug-likeness (QED) is 0.888. The molecule has 1 aromatic carbocycles. The van der Waals surface area contributed by atoms with E-state index in [0.717, 1.165) is 0 Å². The summed E-state index contributed by atoms with van der Waals surface area (Å²) in [6, 6.07) is 4.08. The van der Waals surface area contributed by atoms with Gasteiger partial charge in [-0.05, 0) is 25.1 Å². The second-order valence-electron chi connectivity index (χ2n) is 3.32. The van der Waals surface area contributed by atoms with Crippen molar-refractivity contribution in [1.29, 1.82) is 0 Å². The van der Waals surface area contributed by atoms with Crippen molar-refractivity contribution in [2.45, 2.75) is 12.2 Å². The first kappa shape index (κ1) is 13.4. The van der Waals surface area contributed by atoms with Gasteiger partial charge in [-0.1, -0.05) is 15.9 Å². The van der Waals surface area contributed by atoms with Crippen LogP contribution in [0.3, 0.4) is 0 Å². The van der Waals surface area contributed by atoms with Gasteiger partial charge < -0.3 is 5.73 Å². The van der Waals surface area contributed by atoms with Crippen LogP contribution in [-0.4, -0.2) is 20.2 Å². The summed E-state index contributed by atoms with van der Waals surface area (Å²) >= 11 is 3.08. The van der Waals surface area contributed by atoms with Crippen LogP contribution in [0.1, 0.15) is 6.92 Å². The molecule has 0 saturated carbocycles. The van der Waals surface area contributed by atoms with Crippen molar-refractivity contribution in [2.75, 3.05) is 11.3 Å². The molecule has 90 valence electrons. The molecule has 0 radical (unpaired) electrons. The fourth-order valence-electron chi connectivity index (χ4n) is 0.953. The average Bonchev–Trinajstić information content (AvgIpc) is 2.21. The van der Waals surface area contributed by atoms with Crippen LogP contribution in [0.2, 0.25) is 0 Å². The molecule has 0 aliphatic heterocycles. The van der Waals surface area contributed by atoms with Crippen molar-refractivity contribution in [3.05, 3.63) is 28.5 Å². The standard InChI is InChI=1S/C9H12BrFN2O2S/c1-6(5-12)16(14,15)13-9-3-2-7(10)4-8(9)11/h2-4,6,13H,5,12H2,1H3. The zero-order valence-electron chi connectivity index (χ0n) is 8.57. The first-order valence-corrected chi connectivity index (χ1v) is 6.87. The number of nitrogens with two attached hydrogens (primary N) is 1. The van der Waals surface area contributed by atoms with Crippen molar-refractivity contribution in [1.82, 2.24) is 0 Å². The molecule has 0 aromatic heterocycles. The van der Waals surface area contributed by atoms with Crippen LogP contribution in [0, 0.1) is 5.82 Å². The Kier molecular flexibility index (Phi) is 4.28. The highest BCUT2D eigenvalue weighted by atomic mass is 79.9. The minimum absolute atomic E-state index is 0.0204. The molecule has 4 nitrogen and oxygen atoms in total. The highest BCUT2D eigenvalue weighted by Gasteiger charge is 2.20. The number of hydrogen-bond acceptors (Lipinski definition) is 3. The maximum atomic E-state index is 13.4. The summed E-state index contributed by atoms with van der Waals surface area (Å²) in [4.78, 5) is 0. The molecule has 0 fully saturated rings. The Morgan fingerprint density at radius 1 is 1.56 bits per heavy atom. The summed E-state index contributed by atoms with van der Waals surface area (Å²) in [5.74, 6) is -0.637. The topological polar surface area (TPSA) is 72.2 Å². The highest BCUT2D eigenvalue weighted by Crippen LogP contribution is 2.21. The first-order valence-electron chi connectivity index (χ1n) is 4.53. The third-order valence-corrected chi connectivity index (χ3v) is 4.29. The average molecular weight is 311 g/mol. The van der Waals surface area contributed by atoms with E-state index in [4.69, 9.17) is 5.73 Å². The van der Waals surface area contributed by atoms with Crippen LogP contribution in [-0.2, 0) is 10.0 Å². The second-order valence-corrected chi connectivity index (χ2v) is 6.33. The van der Waals surface area contributed by atoms with Crippen molar-refractivity contribution in [3.63, 3.8) is 0 Å². The third-order valence-electron chi connectivity index (χ3n) is 2.04. The van der Waals surface area contributed by atoms with Crippen LogP contribution in [0.25, 0.3) is 0 Å². The summed E-state index contributed by atoms with van der Waals surface area (Å²) in [6.07, 6.45) is 0. The Balaban J connectivity index is 2.97. The Morgan fingerprint density at radius 3 is 2.69 bits per heavy atom. The SMILES string of the molecule is CC(CN)S(=O)(=O)Nc1ccc(Br)cc1F. The lowest BCUT2D eigenvalue weighted by molar-refractivity contribution is 0.587. The maximum Gasteiger partial charge on any atom is 0.236 e. The molecule has 0 heterocycles. The van der Waals surface area contributed by atoms with E-state index in [1.165, 1.54) is 19.1 Å². The fraction of sp³-hybridized carbons (Fsp3) is 0.333. The van der Waals surface area contributed by atoms with Crippen molar-refractivity contribution in [3.8, 4) is 0 Å². The molecule has 0 amide bonds. The normalized spacial score (nSPS) is 13.5. The van der Waals surface area contributed by atoms with Gasteiger partial charge in [0, 0.05) is 11.0 Å². The van der Waals surface area contributed by atoms with Gasteiger partial charge in [0.2, 0.25) is 10.0 Å². The lowest BCUT2D eigenvalue weighted by Crippen LogP contribution is -2.31. The zero-order chi connectivity index (χ0) is 12.3. The fourth-order valence-corrected chi connectivity index (χ4v) is 2.21. The number of anilines is 1. The highest BCUT2D eigenvalue weighted by molar-refractivity contribution is 9.10. The predicted molar refractivity (Wildman–Crippen MR) is 65.2 cm³/mol. The van der Waals surface area contributed by atoms with E-state index < -0.39 is 21.1 Å². The van der Waals surface area contributed by atoms with Crippen LogP contribution >= 0.6 is 15.9 Å². The first-order chi connectivity index (χ1) is 7.36. The molecule has 0 spiro atoms. The van der Waals surface area contributed by atoms with Gasteiger partial charge in [-0.15, -0.1) is 0 Å². The number of benzene rings is 1. The molecule has 1 rings (SSSR count). The van der Waals surface area contributed by atoms with Gasteiger partial charge in [-0.2, -0.15) is 0 Å². The number of sulfonamides is 1. The van der Waals surface area contributed by atoms with Gasteiger partial charge in [0.15, 0.2) is 0 Å². The van der Waals surface area contributed by atoms with Crippen molar-refractivity contribution < 1.29 is 12.8 Å². The Labute approximate surface area is 102 Å². The summed E-state index contributed by atoms with van der Waals surface area (Å²) in [6.45, 7) is 1.44. The zero-order valence-corrected chi connectivity index (χ0v) is 11.0. The molecule has 3 N–H and O–H groups in total. The molecule has 1 unspecified atom stereocenters. The van der Waals surface area contributed by atoms with Crippen LogP contribution in [0.5, 0.6) is 0 Å². The van der Waals surface area contributed by atoms with Crippen molar-refractivity contribution >= 4 is 31.6 Å². The summed E-state index contributed by atoms with van der Waals surface area (Å²) < 4.78 is 39.3. The molecular weight excluding hydrogens is 299 g/mol. The van der Waals surface area contributed by atoms with Crippen LogP contribution in [0.4, 0.5) is 10.1 Å². The minimum Gasteiger partial charge on any atom is -0.329 e. The molecule has 0 bridgehead atoms. The molecule has 7 heteroatoms. The molecule has 0 saturated heterocycles. The number of rotatable bonds is 4. The van der Waals surface area contributed by atoms with E-state index in [-0.39, 0.29) is 12.2 Å². The van der Waals surface area contributed by atoms with Crippen LogP contribution in [0.15, 0.2) is 22.7 Å². The van der Waals surface area contributed by atoms with E-state index >= 15 is 0 Å². The van der Waals surface area contributed by atoms with Gasteiger partial charge in [-0.3, -0.25) is 4.72 Å². The predicted octanol–water partition coefficient (Wildman–Crippen LogP) is 1.68. The summed E-state index contributed by atoms with van der Waals surface area (Å²) in [7, 11) is -3.63. The molecule has 1 atom stereocenters. The molecule has 0 aliphatic carbocycles. The van der Waals surface area contributed by atoms with E-state index in [9.17, 15) is 12.8 Å². The number of nitrogens with one attached hydrogen (secondary N) is 1. The van der Waals surface area contributed by atoms with E-state index in [1.54, 1.807) is 6.07 Å². The minimum atomic E-state index is -3.63. The molecule has 1 aromatic rings. The van der Waals surface area contributed by atoms with Gasteiger partial charge in [0.25, 0.3) is 0 Å². The lowest BCUT2D eigenvalue weighted by Gasteiger charge is -2.13. The molecule has 0 aliphatic rings. The summed E-state index contributed by atoms with van der Waals surface area (Å²) in [5, 5.41) is -0.768. The van der Waals surface area contributed by atoms with Crippen LogP contribution < -0.4 is 10.5 Å². The maximum absolute atomic E-state index is 13.4. The smallest absolute Gasteiger partial charge is 0.236 e. The van der Waals surface area contributed by atoms with E-state index in [2.05, 4.69) is 20.7 Å². The van der Waals surface area contributed by atoms with Gasteiger partial charge in [0.1, 0.15) is 5.82 Å². The largest absolute Gasteiger partial charge is 0.329 e.